The number of aromatic nitrogens is 3. The molecule has 0 aliphatic rings. The van der Waals surface area contributed by atoms with Crippen molar-refractivity contribution in [2.45, 2.75) is 26.4 Å². The Morgan fingerprint density at radius 3 is 2.85 bits per heavy atom. The van der Waals surface area contributed by atoms with E-state index < -0.39 is 11.7 Å². The highest BCUT2D eigenvalue weighted by Crippen LogP contribution is 2.09. The summed E-state index contributed by atoms with van der Waals surface area (Å²) in [7, 11) is 0. The average molecular weight is 272 g/mol. The van der Waals surface area contributed by atoms with Crippen LogP contribution in [0.15, 0.2) is 18.2 Å². The standard InChI is InChI=1S/C14H16N4O2/c1-14(2,3)20-13(19)15-8-4-5-10-6-7-11-12(9-10)17-18-16-11/h6-7,9H,8H2,1-3H3,(H,15,19)(H,16,17,18). The summed E-state index contributed by atoms with van der Waals surface area (Å²) in [6, 6.07) is 5.52. The van der Waals surface area contributed by atoms with E-state index in [2.05, 4.69) is 32.6 Å². The van der Waals surface area contributed by atoms with Gasteiger partial charge in [0, 0.05) is 5.56 Å². The minimum absolute atomic E-state index is 0.228. The number of hydrogen-bond donors (Lipinski definition) is 2. The van der Waals surface area contributed by atoms with Gasteiger partial charge in [-0.15, -0.1) is 0 Å². The summed E-state index contributed by atoms with van der Waals surface area (Å²) in [4.78, 5) is 11.4. The molecule has 2 rings (SSSR count). The second-order valence-corrected chi connectivity index (χ2v) is 5.18. The van der Waals surface area contributed by atoms with E-state index in [1.54, 1.807) is 0 Å². The Morgan fingerprint density at radius 1 is 1.35 bits per heavy atom. The molecule has 6 heteroatoms. The number of nitrogens with zero attached hydrogens (tertiary/aromatic N) is 2. The van der Waals surface area contributed by atoms with E-state index in [4.69, 9.17) is 4.74 Å². The van der Waals surface area contributed by atoms with E-state index in [1.165, 1.54) is 0 Å². The van der Waals surface area contributed by atoms with Gasteiger partial charge >= 0.3 is 6.09 Å². The van der Waals surface area contributed by atoms with Gasteiger partial charge in [-0.05, 0) is 39.0 Å². The van der Waals surface area contributed by atoms with Crippen LogP contribution >= 0.6 is 0 Å². The lowest BCUT2D eigenvalue weighted by atomic mass is 10.2. The van der Waals surface area contributed by atoms with Crippen LogP contribution in [0.4, 0.5) is 4.79 Å². The molecule has 1 amide bonds. The number of carbonyl (C=O) groups is 1. The van der Waals surface area contributed by atoms with Crippen LogP contribution in [0.5, 0.6) is 0 Å². The highest BCUT2D eigenvalue weighted by Gasteiger charge is 2.14. The first-order valence-electron chi connectivity index (χ1n) is 6.20. The molecule has 0 aliphatic carbocycles. The van der Waals surface area contributed by atoms with Gasteiger partial charge in [0.2, 0.25) is 0 Å². The van der Waals surface area contributed by atoms with Gasteiger partial charge in [0.05, 0.1) is 6.54 Å². The number of aromatic amines is 1. The Kier molecular flexibility index (Phi) is 3.89. The van der Waals surface area contributed by atoms with Crippen molar-refractivity contribution in [1.29, 1.82) is 0 Å². The Balaban J connectivity index is 1.89. The molecular formula is C14H16N4O2. The molecule has 2 aromatic rings. The third-order valence-electron chi connectivity index (χ3n) is 2.27. The molecule has 0 unspecified atom stereocenters. The fourth-order valence-electron chi connectivity index (χ4n) is 1.49. The summed E-state index contributed by atoms with van der Waals surface area (Å²) in [6.07, 6.45) is -0.473. The van der Waals surface area contributed by atoms with Crippen LogP contribution < -0.4 is 5.32 Å². The summed E-state index contributed by atoms with van der Waals surface area (Å²) >= 11 is 0. The van der Waals surface area contributed by atoms with Crippen molar-refractivity contribution in [3.05, 3.63) is 23.8 Å². The molecule has 104 valence electrons. The smallest absolute Gasteiger partial charge is 0.408 e. The summed E-state index contributed by atoms with van der Waals surface area (Å²) in [5.74, 6) is 5.80. The summed E-state index contributed by atoms with van der Waals surface area (Å²) < 4.78 is 5.10. The maximum Gasteiger partial charge on any atom is 0.408 e. The van der Waals surface area contributed by atoms with Gasteiger partial charge in [0.1, 0.15) is 16.6 Å². The van der Waals surface area contributed by atoms with Crippen molar-refractivity contribution >= 4 is 17.1 Å². The predicted octanol–water partition coefficient (Wildman–Crippen LogP) is 1.83. The number of ether oxygens (including phenoxy) is 1. The van der Waals surface area contributed by atoms with Gasteiger partial charge in [-0.3, -0.25) is 0 Å². The predicted molar refractivity (Wildman–Crippen MR) is 75.0 cm³/mol. The molecule has 1 aromatic carbocycles. The quantitative estimate of drug-likeness (QED) is 0.776. The van der Waals surface area contributed by atoms with Gasteiger partial charge in [-0.25, -0.2) is 4.79 Å². The van der Waals surface area contributed by atoms with E-state index in [1.807, 2.05) is 39.0 Å². The van der Waals surface area contributed by atoms with Crippen molar-refractivity contribution in [3.63, 3.8) is 0 Å². The first-order valence-corrected chi connectivity index (χ1v) is 6.20. The van der Waals surface area contributed by atoms with Gasteiger partial charge < -0.3 is 10.1 Å². The van der Waals surface area contributed by atoms with E-state index >= 15 is 0 Å². The number of H-pyrrole nitrogens is 1. The maximum atomic E-state index is 11.4. The minimum Gasteiger partial charge on any atom is -0.444 e. The van der Waals surface area contributed by atoms with Crippen molar-refractivity contribution in [3.8, 4) is 11.8 Å². The van der Waals surface area contributed by atoms with E-state index in [0.717, 1.165) is 16.6 Å². The van der Waals surface area contributed by atoms with Gasteiger partial charge in [-0.1, -0.05) is 11.8 Å². The van der Waals surface area contributed by atoms with Crippen LogP contribution in [-0.4, -0.2) is 33.6 Å². The lowest BCUT2D eigenvalue weighted by molar-refractivity contribution is 0.0535. The third-order valence-corrected chi connectivity index (χ3v) is 2.27. The van der Waals surface area contributed by atoms with E-state index in [9.17, 15) is 4.79 Å². The van der Waals surface area contributed by atoms with Crippen molar-refractivity contribution < 1.29 is 9.53 Å². The number of hydrogen-bond acceptors (Lipinski definition) is 4. The lowest BCUT2D eigenvalue weighted by Gasteiger charge is -2.18. The molecule has 0 fully saturated rings. The SMILES string of the molecule is CC(C)(C)OC(=O)NCC#Cc1ccc2n[nH]nc2c1. The Labute approximate surface area is 116 Å². The Hall–Kier alpha value is -2.55. The summed E-state index contributed by atoms with van der Waals surface area (Å²) in [6.45, 7) is 5.66. The molecule has 0 bridgehead atoms. The molecule has 1 heterocycles. The van der Waals surface area contributed by atoms with Crippen LogP contribution in [0.1, 0.15) is 26.3 Å². The van der Waals surface area contributed by atoms with E-state index in [-0.39, 0.29) is 6.54 Å². The van der Waals surface area contributed by atoms with Crippen molar-refractivity contribution in [2.75, 3.05) is 6.54 Å². The van der Waals surface area contributed by atoms with E-state index in [0.29, 0.717) is 0 Å². The zero-order valence-corrected chi connectivity index (χ0v) is 11.7. The monoisotopic (exact) mass is 272 g/mol. The zero-order valence-electron chi connectivity index (χ0n) is 11.7. The number of nitrogens with one attached hydrogen (secondary N) is 2. The summed E-state index contributed by atoms with van der Waals surface area (Å²) in [5.41, 5.74) is 1.87. The fourth-order valence-corrected chi connectivity index (χ4v) is 1.49. The van der Waals surface area contributed by atoms with Crippen LogP contribution in [-0.2, 0) is 4.74 Å². The largest absolute Gasteiger partial charge is 0.444 e. The fraction of sp³-hybridized carbons (Fsp3) is 0.357. The minimum atomic E-state index is -0.504. The molecule has 0 aliphatic heterocycles. The molecule has 0 atom stereocenters. The number of amides is 1. The molecule has 6 nitrogen and oxygen atoms in total. The number of fused-ring (bicyclic) bond motifs is 1. The molecule has 0 spiro atoms. The second-order valence-electron chi connectivity index (χ2n) is 5.18. The van der Waals surface area contributed by atoms with Crippen LogP contribution in [0.3, 0.4) is 0 Å². The Morgan fingerprint density at radius 2 is 2.10 bits per heavy atom. The normalized spacial score (nSPS) is 10.8. The first kappa shape index (κ1) is 13.9. The van der Waals surface area contributed by atoms with Gasteiger partial charge in [0.25, 0.3) is 0 Å². The first-order chi connectivity index (χ1) is 9.44. The zero-order chi connectivity index (χ0) is 14.6. The van der Waals surface area contributed by atoms with Crippen LogP contribution in [0, 0.1) is 11.8 Å². The maximum absolute atomic E-state index is 11.4. The van der Waals surface area contributed by atoms with Crippen LogP contribution in [0.2, 0.25) is 0 Å². The molecule has 0 saturated heterocycles. The van der Waals surface area contributed by atoms with Gasteiger partial charge in [0.15, 0.2) is 0 Å². The average Bonchev–Trinajstić information content (AvgIpc) is 2.79. The third kappa shape index (κ3) is 3.99. The van der Waals surface area contributed by atoms with Crippen molar-refractivity contribution in [1.82, 2.24) is 20.7 Å². The molecule has 0 saturated carbocycles. The van der Waals surface area contributed by atoms with Crippen molar-refractivity contribution in [2.24, 2.45) is 0 Å². The van der Waals surface area contributed by atoms with Gasteiger partial charge in [-0.2, -0.15) is 15.4 Å². The number of alkyl carbamates (subject to hydrolysis) is 1. The Bertz CT molecular complexity index is 674. The number of rotatable bonds is 1. The highest BCUT2D eigenvalue weighted by atomic mass is 16.6. The second kappa shape index (κ2) is 5.61. The lowest BCUT2D eigenvalue weighted by Crippen LogP contribution is -2.32. The molecule has 1 aromatic heterocycles. The number of carbonyl (C=O) groups excluding carboxylic acids is 1. The molecule has 0 radical (unpaired) electrons. The molecule has 20 heavy (non-hydrogen) atoms. The van der Waals surface area contributed by atoms with Crippen LogP contribution in [0.25, 0.3) is 11.0 Å². The topological polar surface area (TPSA) is 79.9 Å². The molecule has 2 N–H and O–H groups in total. The number of benzene rings is 1. The highest BCUT2D eigenvalue weighted by molar-refractivity contribution is 5.75. The summed E-state index contributed by atoms with van der Waals surface area (Å²) in [5, 5.41) is 13.1. The molecular weight excluding hydrogens is 256 g/mol.